The third-order valence-electron chi connectivity index (χ3n) is 8.81. The summed E-state index contributed by atoms with van der Waals surface area (Å²) >= 11 is 0. The molecule has 0 aliphatic carbocycles. The van der Waals surface area contributed by atoms with Gasteiger partial charge in [-0.1, -0.05) is 17.3 Å². The van der Waals surface area contributed by atoms with E-state index in [1.807, 2.05) is 18.2 Å². The number of carbonyl (C=O) groups is 4. The maximum absolute atomic E-state index is 15.8. The summed E-state index contributed by atoms with van der Waals surface area (Å²) in [6, 6.07) is 8.76. The lowest BCUT2D eigenvalue weighted by atomic mass is 9.88. The van der Waals surface area contributed by atoms with Crippen LogP contribution in [0.25, 0.3) is 32.9 Å². The molecule has 268 valence electrons. The first kappa shape index (κ1) is 35.2. The van der Waals surface area contributed by atoms with Crippen LogP contribution in [-0.2, 0) is 50.6 Å². The number of rotatable bonds is 11. The summed E-state index contributed by atoms with van der Waals surface area (Å²) < 4.78 is 25.8. The largest absolute Gasteiger partial charge is 0.459 e. The van der Waals surface area contributed by atoms with Gasteiger partial charge < -0.3 is 20.7 Å². The number of aromatic nitrogens is 7. The van der Waals surface area contributed by atoms with Crippen LogP contribution in [0.15, 0.2) is 42.7 Å². The van der Waals surface area contributed by atoms with Crippen molar-refractivity contribution in [1.82, 2.24) is 44.8 Å². The minimum Gasteiger partial charge on any atom is -0.459 e. The molecule has 0 spiro atoms. The number of hydrogen-bond acceptors (Lipinski definition) is 9. The predicted octanol–water partition coefficient (Wildman–Crippen LogP) is 2.95. The topological polar surface area (TPSA) is 185 Å². The minimum absolute atomic E-state index is 0.00369. The van der Waals surface area contributed by atoms with Crippen molar-refractivity contribution >= 4 is 45.5 Å². The van der Waals surface area contributed by atoms with E-state index in [4.69, 9.17) is 15.6 Å². The number of halogens is 1. The van der Waals surface area contributed by atoms with Crippen LogP contribution in [0.1, 0.15) is 63.8 Å². The van der Waals surface area contributed by atoms with Crippen LogP contribution in [0.5, 0.6) is 0 Å². The quantitative estimate of drug-likeness (QED) is 0.196. The highest BCUT2D eigenvalue weighted by Crippen LogP contribution is 2.40. The van der Waals surface area contributed by atoms with Gasteiger partial charge in [0.2, 0.25) is 17.7 Å². The molecule has 1 aliphatic rings. The van der Waals surface area contributed by atoms with E-state index >= 15 is 4.39 Å². The van der Waals surface area contributed by atoms with Crippen molar-refractivity contribution in [1.29, 1.82) is 0 Å². The third kappa shape index (κ3) is 8.05. The van der Waals surface area contributed by atoms with Crippen molar-refractivity contribution in [3.8, 4) is 11.1 Å². The zero-order chi connectivity index (χ0) is 36.4. The van der Waals surface area contributed by atoms with Crippen molar-refractivity contribution < 1.29 is 28.3 Å². The average Bonchev–Trinajstić information content (AvgIpc) is 3.78. The van der Waals surface area contributed by atoms with Gasteiger partial charge in [0.25, 0.3) is 0 Å². The van der Waals surface area contributed by atoms with Crippen molar-refractivity contribution in [2.75, 3.05) is 13.1 Å². The maximum Gasteiger partial charge on any atom is 0.328 e. The Balaban J connectivity index is 1.25. The highest BCUT2D eigenvalue weighted by molar-refractivity contribution is 6.00. The van der Waals surface area contributed by atoms with Crippen LogP contribution < -0.4 is 11.1 Å². The zero-order valence-electron chi connectivity index (χ0n) is 29.1. The second-order valence-electron chi connectivity index (χ2n) is 13.8. The number of amides is 3. The molecular weight excluding hydrogens is 659 g/mol. The number of aryl methyl sites for hydroxylation is 1. The van der Waals surface area contributed by atoms with Gasteiger partial charge in [-0.2, -0.15) is 10.2 Å². The lowest BCUT2D eigenvalue weighted by Crippen LogP contribution is -2.38. The Kier molecular flexibility index (Phi) is 9.85. The molecule has 5 aromatic rings. The standard InChI is InChI=1S/C35H41FN10O5/c1-35(2,3)51-32(50)20-45-18-23(40-42-45)17-38-30(48)19-46-27-7-5-6-24(25-15-28-22(14-26(25)36)16-39-43(28)4)33(27)34(41-46)21-10-12-44(13-11-21)31(49)9-8-29(37)47/h5-7,14-16,18,21H,8-13,17,19-20H2,1-4H3,(H2,37,47)(H,38,48). The molecule has 1 saturated heterocycles. The molecule has 0 unspecified atom stereocenters. The zero-order valence-corrected chi connectivity index (χ0v) is 29.1. The first-order valence-corrected chi connectivity index (χ1v) is 16.8. The third-order valence-corrected chi connectivity index (χ3v) is 8.81. The minimum atomic E-state index is -0.629. The lowest BCUT2D eigenvalue weighted by Gasteiger charge is -2.31. The summed E-state index contributed by atoms with van der Waals surface area (Å²) in [5.41, 5.74) is 8.23. The van der Waals surface area contributed by atoms with Crippen LogP contribution in [0.3, 0.4) is 0 Å². The van der Waals surface area contributed by atoms with Gasteiger partial charge in [0.1, 0.15) is 30.2 Å². The van der Waals surface area contributed by atoms with E-state index in [1.165, 1.54) is 10.7 Å². The molecule has 16 heteroatoms. The van der Waals surface area contributed by atoms with Gasteiger partial charge in [-0.25, -0.2) is 9.07 Å². The fourth-order valence-corrected chi connectivity index (χ4v) is 6.44. The van der Waals surface area contributed by atoms with Gasteiger partial charge in [-0.15, -0.1) is 5.10 Å². The van der Waals surface area contributed by atoms with E-state index in [0.717, 1.165) is 10.9 Å². The molecule has 3 aromatic heterocycles. The van der Waals surface area contributed by atoms with Gasteiger partial charge in [0, 0.05) is 55.2 Å². The summed E-state index contributed by atoms with van der Waals surface area (Å²) in [6.45, 7) is 6.09. The predicted molar refractivity (Wildman–Crippen MR) is 184 cm³/mol. The summed E-state index contributed by atoms with van der Waals surface area (Å²) in [7, 11) is 1.80. The van der Waals surface area contributed by atoms with Crippen LogP contribution in [-0.4, -0.2) is 81.8 Å². The molecule has 2 aromatic carbocycles. The number of nitrogens with two attached hydrogens (primary N) is 1. The van der Waals surface area contributed by atoms with E-state index in [-0.39, 0.29) is 50.2 Å². The Labute approximate surface area is 292 Å². The molecule has 3 amide bonds. The maximum atomic E-state index is 15.8. The number of carbonyl (C=O) groups excluding carboxylic acids is 4. The van der Waals surface area contributed by atoms with Crippen molar-refractivity contribution in [3.63, 3.8) is 0 Å². The number of benzene rings is 2. The number of nitrogens with zero attached hydrogens (tertiary/aromatic N) is 8. The van der Waals surface area contributed by atoms with E-state index in [0.29, 0.717) is 59.3 Å². The number of nitrogens with one attached hydrogen (secondary N) is 1. The molecule has 1 fully saturated rings. The molecule has 4 heterocycles. The van der Waals surface area contributed by atoms with Crippen molar-refractivity contribution in [3.05, 3.63) is 59.9 Å². The second-order valence-corrected chi connectivity index (χ2v) is 13.8. The van der Waals surface area contributed by atoms with Crippen molar-refractivity contribution in [2.45, 2.75) is 77.6 Å². The molecule has 0 bridgehead atoms. The molecule has 0 saturated carbocycles. The van der Waals surface area contributed by atoms with E-state index in [1.54, 1.807) is 60.5 Å². The second kappa shape index (κ2) is 14.3. The smallest absolute Gasteiger partial charge is 0.328 e. The van der Waals surface area contributed by atoms with Gasteiger partial charge in [-0.05, 0) is 57.4 Å². The first-order chi connectivity index (χ1) is 24.3. The van der Waals surface area contributed by atoms with Gasteiger partial charge >= 0.3 is 5.97 Å². The monoisotopic (exact) mass is 700 g/mol. The fraction of sp³-hybridized carbons (Fsp3) is 0.429. The molecule has 0 atom stereocenters. The van der Waals surface area contributed by atoms with Crippen LogP contribution in [0.4, 0.5) is 4.39 Å². The molecule has 51 heavy (non-hydrogen) atoms. The van der Waals surface area contributed by atoms with E-state index < -0.39 is 23.3 Å². The number of piperidine rings is 1. The normalized spacial score (nSPS) is 13.9. The Hall–Kier alpha value is -5.67. The number of ether oxygens (including phenoxy) is 1. The van der Waals surface area contributed by atoms with E-state index in [9.17, 15) is 19.2 Å². The molecule has 0 radical (unpaired) electrons. The van der Waals surface area contributed by atoms with Crippen LogP contribution >= 0.6 is 0 Å². The first-order valence-electron chi connectivity index (χ1n) is 16.8. The highest BCUT2D eigenvalue weighted by Gasteiger charge is 2.29. The Morgan fingerprint density at radius 1 is 1.04 bits per heavy atom. The summed E-state index contributed by atoms with van der Waals surface area (Å²) in [4.78, 5) is 51.1. The molecule has 1 aliphatic heterocycles. The molecule has 15 nitrogen and oxygen atoms in total. The van der Waals surface area contributed by atoms with Gasteiger partial charge in [-0.3, -0.25) is 28.5 Å². The summed E-state index contributed by atoms with van der Waals surface area (Å²) in [5.74, 6) is -1.93. The van der Waals surface area contributed by atoms with E-state index in [2.05, 4.69) is 20.7 Å². The van der Waals surface area contributed by atoms with Crippen molar-refractivity contribution in [2.24, 2.45) is 12.8 Å². The van der Waals surface area contributed by atoms with Gasteiger partial charge in [0.05, 0.1) is 35.7 Å². The highest BCUT2D eigenvalue weighted by atomic mass is 19.1. The number of primary amides is 1. The number of esters is 1. The number of likely N-dealkylation sites (tertiary alicyclic amines) is 1. The molecular formula is C35H41FN10O5. The SMILES string of the molecule is Cn1ncc2cc(F)c(-c3cccc4c3c(C3CCN(C(=O)CCC(N)=O)CC3)nn4CC(=O)NCc3cn(CC(=O)OC(C)(C)C)nn3)cc21. The number of hydrogen-bond donors (Lipinski definition) is 2. The summed E-state index contributed by atoms with van der Waals surface area (Å²) in [5, 5.41) is 21.5. The molecule has 3 N–H and O–H groups in total. The van der Waals surface area contributed by atoms with Crippen LogP contribution in [0, 0.1) is 5.82 Å². The van der Waals surface area contributed by atoms with Gasteiger partial charge in [0.15, 0.2) is 0 Å². The summed E-state index contributed by atoms with van der Waals surface area (Å²) in [6.07, 6.45) is 4.43. The van der Waals surface area contributed by atoms with Crippen LogP contribution in [0.2, 0.25) is 0 Å². The number of fused-ring (bicyclic) bond motifs is 2. The molecule has 6 rings (SSSR count). The Morgan fingerprint density at radius 3 is 2.53 bits per heavy atom. The fourth-order valence-electron chi connectivity index (χ4n) is 6.44. The Bertz CT molecular complexity index is 2120. The Morgan fingerprint density at radius 2 is 1.80 bits per heavy atom. The average molecular weight is 701 g/mol. The lowest BCUT2D eigenvalue weighted by molar-refractivity contribution is -0.155.